The molecule has 1 aliphatic carbocycles. The maximum absolute atomic E-state index is 6.21. The van der Waals surface area contributed by atoms with Crippen molar-refractivity contribution in [3.05, 3.63) is 0 Å². The van der Waals surface area contributed by atoms with Crippen LogP contribution in [0, 0.1) is 5.92 Å². The number of ether oxygens (including phenoxy) is 2. The standard InChI is InChI=1S/C14H27NO2/c15-13-5-3-1-2-4-6-14(13)17-11-12-7-9-16-10-8-12/h12-14H,1-11,15H2. The van der Waals surface area contributed by atoms with Gasteiger partial charge in [0.25, 0.3) is 0 Å². The van der Waals surface area contributed by atoms with Gasteiger partial charge in [0, 0.05) is 19.3 Å². The lowest BCUT2D eigenvalue weighted by Crippen LogP contribution is -2.38. The van der Waals surface area contributed by atoms with Gasteiger partial charge in [-0.3, -0.25) is 0 Å². The van der Waals surface area contributed by atoms with Crippen LogP contribution >= 0.6 is 0 Å². The Labute approximate surface area is 105 Å². The van der Waals surface area contributed by atoms with Crippen LogP contribution in [0.1, 0.15) is 51.4 Å². The van der Waals surface area contributed by atoms with Crippen LogP contribution in [-0.4, -0.2) is 32.0 Å². The average molecular weight is 241 g/mol. The Hall–Kier alpha value is -0.120. The Morgan fingerprint density at radius 1 is 0.941 bits per heavy atom. The van der Waals surface area contributed by atoms with E-state index in [1.165, 1.54) is 25.7 Å². The fourth-order valence-electron chi connectivity index (χ4n) is 2.86. The number of rotatable bonds is 3. The molecule has 1 heterocycles. The maximum Gasteiger partial charge on any atom is 0.0726 e. The van der Waals surface area contributed by atoms with Crippen LogP contribution in [0.5, 0.6) is 0 Å². The van der Waals surface area contributed by atoms with Gasteiger partial charge in [-0.15, -0.1) is 0 Å². The van der Waals surface area contributed by atoms with Gasteiger partial charge in [-0.05, 0) is 31.6 Å². The first kappa shape index (κ1) is 13.3. The molecule has 17 heavy (non-hydrogen) atoms. The molecule has 100 valence electrons. The van der Waals surface area contributed by atoms with Crippen molar-refractivity contribution in [3.8, 4) is 0 Å². The first-order valence-corrected chi connectivity index (χ1v) is 7.31. The van der Waals surface area contributed by atoms with Crippen molar-refractivity contribution in [1.29, 1.82) is 0 Å². The number of hydrogen-bond acceptors (Lipinski definition) is 3. The molecule has 0 bridgehead atoms. The smallest absolute Gasteiger partial charge is 0.0726 e. The maximum atomic E-state index is 6.21. The molecule has 2 atom stereocenters. The molecule has 3 nitrogen and oxygen atoms in total. The zero-order valence-corrected chi connectivity index (χ0v) is 10.9. The van der Waals surface area contributed by atoms with Crippen molar-refractivity contribution in [1.82, 2.24) is 0 Å². The second kappa shape index (κ2) is 7.34. The molecule has 2 fully saturated rings. The molecule has 1 saturated heterocycles. The average Bonchev–Trinajstić information content (AvgIpc) is 2.35. The minimum absolute atomic E-state index is 0.259. The fraction of sp³-hybridized carbons (Fsp3) is 1.00. The monoisotopic (exact) mass is 241 g/mol. The minimum atomic E-state index is 0.259. The summed E-state index contributed by atoms with van der Waals surface area (Å²) in [7, 11) is 0. The predicted octanol–water partition coefficient (Wildman–Crippen LogP) is 2.48. The van der Waals surface area contributed by atoms with Crippen molar-refractivity contribution in [3.63, 3.8) is 0 Å². The molecule has 1 aliphatic heterocycles. The van der Waals surface area contributed by atoms with Crippen molar-refractivity contribution in [2.75, 3.05) is 19.8 Å². The lowest BCUT2D eigenvalue weighted by atomic mass is 9.94. The third kappa shape index (κ3) is 4.57. The van der Waals surface area contributed by atoms with Gasteiger partial charge in [0.05, 0.1) is 12.7 Å². The molecule has 0 radical (unpaired) electrons. The minimum Gasteiger partial charge on any atom is -0.381 e. The van der Waals surface area contributed by atoms with E-state index in [0.717, 1.165) is 45.5 Å². The highest BCUT2D eigenvalue weighted by Gasteiger charge is 2.22. The number of hydrogen-bond donors (Lipinski definition) is 1. The van der Waals surface area contributed by atoms with Crippen molar-refractivity contribution in [2.24, 2.45) is 11.7 Å². The van der Waals surface area contributed by atoms with Gasteiger partial charge in [0.2, 0.25) is 0 Å². The molecular weight excluding hydrogens is 214 g/mol. The third-order valence-electron chi connectivity index (χ3n) is 4.14. The molecule has 0 amide bonds. The van der Waals surface area contributed by atoms with E-state index in [9.17, 15) is 0 Å². The highest BCUT2D eigenvalue weighted by Crippen LogP contribution is 2.21. The summed E-state index contributed by atoms with van der Waals surface area (Å²) >= 11 is 0. The van der Waals surface area contributed by atoms with Gasteiger partial charge in [-0.25, -0.2) is 0 Å². The lowest BCUT2D eigenvalue weighted by molar-refractivity contribution is -0.0257. The SMILES string of the molecule is NC1CCCCCCC1OCC1CCOCC1. The van der Waals surface area contributed by atoms with Crippen molar-refractivity contribution < 1.29 is 9.47 Å². The summed E-state index contributed by atoms with van der Waals surface area (Å²) in [5.41, 5.74) is 6.21. The van der Waals surface area contributed by atoms with E-state index < -0.39 is 0 Å². The van der Waals surface area contributed by atoms with Crippen LogP contribution in [-0.2, 0) is 9.47 Å². The lowest BCUT2D eigenvalue weighted by Gasteiger charge is -2.29. The summed E-state index contributed by atoms with van der Waals surface area (Å²) in [5.74, 6) is 0.696. The zero-order valence-electron chi connectivity index (χ0n) is 10.9. The summed E-state index contributed by atoms with van der Waals surface area (Å²) in [6.07, 6.45) is 10.2. The zero-order chi connectivity index (χ0) is 11.9. The molecule has 3 heteroatoms. The molecule has 1 saturated carbocycles. The van der Waals surface area contributed by atoms with E-state index in [2.05, 4.69) is 0 Å². The first-order chi connectivity index (χ1) is 8.36. The molecular formula is C14H27NO2. The summed E-state index contributed by atoms with van der Waals surface area (Å²) < 4.78 is 11.5. The Kier molecular flexibility index (Phi) is 5.75. The highest BCUT2D eigenvalue weighted by atomic mass is 16.5. The molecule has 0 spiro atoms. The van der Waals surface area contributed by atoms with Crippen LogP contribution < -0.4 is 5.73 Å². The Morgan fingerprint density at radius 2 is 1.65 bits per heavy atom. The summed E-state index contributed by atoms with van der Waals surface area (Å²) in [5, 5.41) is 0. The first-order valence-electron chi connectivity index (χ1n) is 7.31. The molecule has 2 rings (SSSR count). The van der Waals surface area contributed by atoms with Gasteiger partial charge in [0.1, 0.15) is 0 Å². The highest BCUT2D eigenvalue weighted by molar-refractivity contribution is 4.76. The summed E-state index contributed by atoms with van der Waals surface area (Å²) in [6.45, 7) is 2.71. The summed E-state index contributed by atoms with van der Waals surface area (Å²) in [6, 6.07) is 0.259. The molecule has 2 N–H and O–H groups in total. The van der Waals surface area contributed by atoms with E-state index in [1.54, 1.807) is 0 Å². The van der Waals surface area contributed by atoms with E-state index in [1.807, 2.05) is 0 Å². The van der Waals surface area contributed by atoms with E-state index >= 15 is 0 Å². The second-order valence-electron chi connectivity index (χ2n) is 5.58. The van der Waals surface area contributed by atoms with Crippen LogP contribution in [0.25, 0.3) is 0 Å². The number of nitrogens with two attached hydrogens (primary N) is 1. The van der Waals surface area contributed by atoms with E-state index in [4.69, 9.17) is 15.2 Å². The fourth-order valence-corrected chi connectivity index (χ4v) is 2.86. The topological polar surface area (TPSA) is 44.5 Å². The Balaban J connectivity index is 1.71. The quantitative estimate of drug-likeness (QED) is 0.825. The van der Waals surface area contributed by atoms with Crippen LogP contribution in [0.2, 0.25) is 0 Å². The van der Waals surface area contributed by atoms with Crippen LogP contribution in [0.15, 0.2) is 0 Å². The van der Waals surface area contributed by atoms with Crippen LogP contribution in [0.3, 0.4) is 0 Å². The van der Waals surface area contributed by atoms with Gasteiger partial charge in [-0.1, -0.05) is 25.7 Å². The largest absolute Gasteiger partial charge is 0.381 e. The van der Waals surface area contributed by atoms with Gasteiger partial charge in [-0.2, -0.15) is 0 Å². The third-order valence-corrected chi connectivity index (χ3v) is 4.14. The van der Waals surface area contributed by atoms with Gasteiger partial charge in [0.15, 0.2) is 0 Å². The second-order valence-corrected chi connectivity index (χ2v) is 5.58. The van der Waals surface area contributed by atoms with Crippen LogP contribution in [0.4, 0.5) is 0 Å². The van der Waals surface area contributed by atoms with E-state index in [-0.39, 0.29) is 6.04 Å². The molecule has 2 aliphatic rings. The van der Waals surface area contributed by atoms with Gasteiger partial charge < -0.3 is 15.2 Å². The Morgan fingerprint density at radius 3 is 2.41 bits per heavy atom. The molecule has 2 unspecified atom stereocenters. The Bertz CT molecular complexity index is 204. The predicted molar refractivity (Wildman–Crippen MR) is 69.0 cm³/mol. The van der Waals surface area contributed by atoms with E-state index in [0.29, 0.717) is 12.0 Å². The van der Waals surface area contributed by atoms with Crippen molar-refractivity contribution >= 4 is 0 Å². The normalized spacial score (nSPS) is 33.0. The molecule has 0 aromatic rings. The van der Waals surface area contributed by atoms with Crippen molar-refractivity contribution in [2.45, 2.75) is 63.5 Å². The summed E-state index contributed by atoms with van der Waals surface area (Å²) in [4.78, 5) is 0. The molecule has 0 aromatic heterocycles. The van der Waals surface area contributed by atoms with Gasteiger partial charge >= 0.3 is 0 Å². The molecule has 0 aromatic carbocycles.